The summed E-state index contributed by atoms with van der Waals surface area (Å²) < 4.78 is 0. The molecule has 0 heterocycles. The van der Waals surface area contributed by atoms with Gasteiger partial charge in [0.2, 0.25) is 0 Å². The van der Waals surface area contributed by atoms with Crippen LogP contribution in [0, 0.1) is 5.92 Å². The molecule has 0 aromatic rings. The summed E-state index contributed by atoms with van der Waals surface area (Å²) in [5.74, 6) is -1.04. The minimum Gasteiger partial charge on any atom is -0.481 e. The van der Waals surface area contributed by atoms with E-state index in [0.717, 1.165) is 0 Å². The molecule has 0 fully saturated rings. The summed E-state index contributed by atoms with van der Waals surface area (Å²) in [6, 6.07) is 0. The molecule has 0 aromatic carbocycles. The van der Waals surface area contributed by atoms with Gasteiger partial charge in [-0.2, -0.15) is 0 Å². The molecule has 3 unspecified atom stereocenters. The zero-order valence-corrected chi connectivity index (χ0v) is 9.72. The van der Waals surface area contributed by atoms with E-state index >= 15 is 0 Å². The second kappa shape index (κ2) is 5.14. The van der Waals surface area contributed by atoms with Crippen molar-refractivity contribution in [2.24, 2.45) is 5.92 Å². The molecule has 0 bridgehead atoms. The first-order chi connectivity index (χ1) is 4.95. The van der Waals surface area contributed by atoms with Crippen molar-refractivity contribution in [1.82, 2.24) is 0 Å². The SMILES string of the molecule is CC(Br)CC(C(=O)O)C(C)Br. The Bertz CT molecular complexity index is 134. The van der Waals surface area contributed by atoms with Crippen molar-refractivity contribution in [3.8, 4) is 0 Å². The summed E-state index contributed by atoms with van der Waals surface area (Å²) in [4.78, 5) is 10.9. The smallest absolute Gasteiger partial charge is 0.307 e. The van der Waals surface area contributed by atoms with E-state index in [1.807, 2.05) is 13.8 Å². The molecule has 0 saturated heterocycles. The predicted octanol–water partition coefficient (Wildman–Crippen LogP) is 2.64. The lowest BCUT2D eigenvalue weighted by atomic mass is 10.0. The summed E-state index contributed by atoms with van der Waals surface area (Å²) >= 11 is 6.60. The molecule has 0 aromatic heterocycles. The normalized spacial score (nSPS) is 18.9. The predicted molar refractivity (Wildman–Crippen MR) is 52.5 cm³/mol. The van der Waals surface area contributed by atoms with Crippen molar-refractivity contribution in [3.63, 3.8) is 0 Å². The minimum absolute atomic E-state index is 0.0278. The van der Waals surface area contributed by atoms with Gasteiger partial charge in [0.25, 0.3) is 0 Å². The van der Waals surface area contributed by atoms with Crippen molar-refractivity contribution < 1.29 is 9.90 Å². The van der Waals surface area contributed by atoms with Crippen molar-refractivity contribution >= 4 is 37.8 Å². The van der Waals surface area contributed by atoms with Crippen LogP contribution in [-0.4, -0.2) is 20.7 Å². The molecule has 2 nitrogen and oxygen atoms in total. The fourth-order valence-electron chi connectivity index (χ4n) is 0.835. The zero-order chi connectivity index (χ0) is 9.02. The topological polar surface area (TPSA) is 37.3 Å². The van der Waals surface area contributed by atoms with Crippen LogP contribution in [-0.2, 0) is 4.79 Å². The Morgan fingerprint density at radius 3 is 2.00 bits per heavy atom. The number of carboxylic acids is 1. The van der Waals surface area contributed by atoms with Gasteiger partial charge in [-0.3, -0.25) is 4.79 Å². The average molecular weight is 288 g/mol. The van der Waals surface area contributed by atoms with Crippen LogP contribution >= 0.6 is 31.9 Å². The Kier molecular flexibility index (Phi) is 5.34. The van der Waals surface area contributed by atoms with Crippen molar-refractivity contribution in [2.75, 3.05) is 0 Å². The molecule has 0 rings (SSSR count). The van der Waals surface area contributed by atoms with Gasteiger partial charge in [0.15, 0.2) is 0 Å². The second-order valence-electron chi connectivity index (χ2n) is 2.64. The number of carboxylic acid groups (broad SMARTS) is 1. The van der Waals surface area contributed by atoms with Crippen LogP contribution in [0.4, 0.5) is 0 Å². The molecule has 66 valence electrons. The van der Waals surface area contributed by atoms with E-state index in [1.165, 1.54) is 0 Å². The van der Waals surface area contributed by atoms with E-state index in [-0.39, 0.29) is 15.6 Å². The molecular formula is C7H12Br2O2. The van der Waals surface area contributed by atoms with E-state index in [1.54, 1.807) is 0 Å². The fourth-order valence-corrected chi connectivity index (χ4v) is 1.68. The van der Waals surface area contributed by atoms with Crippen LogP contribution in [0.3, 0.4) is 0 Å². The number of hydrogen-bond donors (Lipinski definition) is 1. The Morgan fingerprint density at radius 1 is 1.45 bits per heavy atom. The molecule has 0 aliphatic rings. The number of rotatable bonds is 4. The summed E-state index contributed by atoms with van der Waals surface area (Å²) in [5.41, 5.74) is 0. The van der Waals surface area contributed by atoms with E-state index in [0.29, 0.717) is 6.42 Å². The molecular weight excluding hydrogens is 276 g/mol. The van der Waals surface area contributed by atoms with E-state index in [9.17, 15) is 4.79 Å². The zero-order valence-electron chi connectivity index (χ0n) is 6.55. The molecule has 0 saturated carbocycles. The third kappa shape index (κ3) is 4.80. The highest BCUT2D eigenvalue weighted by Gasteiger charge is 2.23. The maximum atomic E-state index is 10.6. The van der Waals surface area contributed by atoms with Gasteiger partial charge in [0.1, 0.15) is 0 Å². The Balaban J connectivity index is 4.01. The van der Waals surface area contributed by atoms with Crippen LogP contribution in [0.25, 0.3) is 0 Å². The summed E-state index contributed by atoms with van der Waals surface area (Å²) in [7, 11) is 0. The lowest BCUT2D eigenvalue weighted by Gasteiger charge is -2.15. The highest BCUT2D eigenvalue weighted by molar-refractivity contribution is 9.09. The molecule has 3 atom stereocenters. The van der Waals surface area contributed by atoms with Gasteiger partial charge >= 0.3 is 5.97 Å². The molecule has 0 aliphatic heterocycles. The lowest BCUT2D eigenvalue weighted by Crippen LogP contribution is -2.23. The number of hydrogen-bond acceptors (Lipinski definition) is 1. The quantitative estimate of drug-likeness (QED) is 0.807. The minimum atomic E-state index is -0.735. The van der Waals surface area contributed by atoms with Crippen molar-refractivity contribution in [2.45, 2.75) is 29.9 Å². The summed E-state index contributed by atoms with van der Waals surface area (Å²) in [5, 5.41) is 8.74. The van der Waals surface area contributed by atoms with Crippen LogP contribution in [0.2, 0.25) is 0 Å². The fraction of sp³-hybridized carbons (Fsp3) is 0.857. The standard InChI is InChI=1S/C7H12Br2O2/c1-4(8)3-6(5(2)9)7(10)11/h4-6H,3H2,1-2H3,(H,10,11). The molecule has 0 spiro atoms. The van der Waals surface area contributed by atoms with Gasteiger partial charge in [-0.15, -0.1) is 0 Å². The van der Waals surface area contributed by atoms with E-state index < -0.39 is 5.97 Å². The molecule has 0 radical (unpaired) electrons. The maximum absolute atomic E-state index is 10.6. The first-order valence-electron chi connectivity index (χ1n) is 3.46. The van der Waals surface area contributed by atoms with Crippen LogP contribution < -0.4 is 0 Å². The summed E-state index contributed by atoms with van der Waals surface area (Å²) in [6.45, 7) is 3.81. The average Bonchev–Trinajstić information content (AvgIpc) is 1.81. The highest BCUT2D eigenvalue weighted by Crippen LogP contribution is 2.21. The first kappa shape index (κ1) is 11.4. The van der Waals surface area contributed by atoms with Crippen LogP contribution in [0.15, 0.2) is 0 Å². The van der Waals surface area contributed by atoms with Gasteiger partial charge in [-0.1, -0.05) is 45.7 Å². The highest BCUT2D eigenvalue weighted by atomic mass is 79.9. The Hall–Kier alpha value is 0.430. The molecule has 1 N–H and O–H groups in total. The maximum Gasteiger partial charge on any atom is 0.307 e. The van der Waals surface area contributed by atoms with Crippen molar-refractivity contribution in [1.29, 1.82) is 0 Å². The first-order valence-corrected chi connectivity index (χ1v) is 5.29. The van der Waals surface area contributed by atoms with Crippen LogP contribution in [0.5, 0.6) is 0 Å². The Labute approximate surface area is 83.6 Å². The van der Waals surface area contributed by atoms with Gasteiger partial charge < -0.3 is 5.11 Å². The molecule has 0 amide bonds. The largest absolute Gasteiger partial charge is 0.481 e. The third-order valence-electron chi connectivity index (χ3n) is 1.45. The molecule has 4 heteroatoms. The van der Waals surface area contributed by atoms with Crippen LogP contribution in [0.1, 0.15) is 20.3 Å². The number of alkyl halides is 2. The number of carbonyl (C=O) groups is 1. The monoisotopic (exact) mass is 286 g/mol. The third-order valence-corrected chi connectivity index (χ3v) is 2.46. The van der Waals surface area contributed by atoms with Gasteiger partial charge in [-0.05, 0) is 6.42 Å². The van der Waals surface area contributed by atoms with Gasteiger partial charge in [0.05, 0.1) is 5.92 Å². The number of aliphatic carboxylic acids is 1. The molecule has 11 heavy (non-hydrogen) atoms. The molecule has 0 aliphatic carbocycles. The Morgan fingerprint density at radius 2 is 1.91 bits per heavy atom. The van der Waals surface area contributed by atoms with E-state index in [2.05, 4.69) is 31.9 Å². The van der Waals surface area contributed by atoms with Gasteiger partial charge in [0, 0.05) is 9.65 Å². The second-order valence-corrected chi connectivity index (χ2v) is 5.65. The summed E-state index contributed by atoms with van der Waals surface area (Å²) in [6.07, 6.45) is 0.655. The van der Waals surface area contributed by atoms with Crippen molar-refractivity contribution in [3.05, 3.63) is 0 Å². The van der Waals surface area contributed by atoms with E-state index in [4.69, 9.17) is 5.11 Å². The van der Waals surface area contributed by atoms with Gasteiger partial charge in [-0.25, -0.2) is 0 Å². The lowest BCUT2D eigenvalue weighted by molar-refractivity contribution is -0.141. The number of halogens is 2.